The minimum absolute atomic E-state index is 0.213. The predicted octanol–water partition coefficient (Wildman–Crippen LogP) is 5.63. The van der Waals surface area contributed by atoms with Crippen molar-refractivity contribution in [1.29, 1.82) is 0 Å². The van der Waals surface area contributed by atoms with Crippen molar-refractivity contribution >= 4 is 17.7 Å². The Morgan fingerprint density at radius 1 is 0.684 bits per heavy atom. The monoisotopic (exact) mass is 505 g/mol. The minimum atomic E-state index is -1.27. The summed E-state index contributed by atoms with van der Waals surface area (Å²) >= 11 is 0. The molecule has 1 amide bonds. The number of nitrogens with zero attached hydrogens (tertiary/aromatic N) is 1. The zero-order chi connectivity index (χ0) is 26.6. The smallest absolute Gasteiger partial charge is 0.327 e. The Hall–Kier alpha value is -4.71. The molecular formula is C32H27NO5. The third-order valence-electron chi connectivity index (χ3n) is 7.18. The third kappa shape index (κ3) is 4.57. The van der Waals surface area contributed by atoms with Crippen LogP contribution in [0.5, 0.6) is 5.75 Å². The molecule has 1 saturated heterocycles. The molecule has 0 bridgehead atoms. The molecular weight excluding hydrogens is 478 g/mol. The molecule has 6 nitrogen and oxygen atoms in total. The average Bonchev–Trinajstić information content (AvgIpc) is 3.34. The van der Waals surface area contributed by atoms with Gasteiger partial charge < -0.3 is 14.7 Å². The fourth-order valence-electron chi connectivity index (χ4n) is 5.50. The van der Waals surface area contributed by atoms with Gasteiger partial charge in [0.1, 0.15) is 11.8 Å². The van der Waals surface area contributed by atoms with E-state index in [1.54, 1.807) is 86.0 Å². The van der Waals surface area contributed by atoms with E-state index in [4.69, 9.17) is 4.74 Å². The lowest BCUT2D eigenvalue weighted by Crippen LogP contribution is -2.43. The van der Waals surface area contributed by atoms with Crippen molar-refractivity contribution < 1.29 is 24.2 Å². The molecule has 1 heterocycles. The number of ketones is 1. The Balaban J connectivity index is 1.76. The number of ether oxygens (including phenoxy) is 1. The van der Waals surface area contributed by atoms with Gasteiger partial charge in [-0.15, -0.1) is 0 Å². The summed E-state index contributed by atoms with van der Waals surface area (Å²) in [4.78, 5) is 42.7. The zero-order valence-electron chi connectivity index (χ0n) is 20.8. The second-order valence-electron chi connectivity index (χ2n) is 9.27. The van der Waals surface area contributed by atoms with Crippen molar-refractivity contribution in [3.8, 4) is 5.75 Å². The first kappa shape index (κ1) is 25.0. The summed E-state index contributed by atoms with van der Waals surface area (Å²) in [7, 11) is 1.56. The molecule has 5 rings (SSSR count). The number of carbonyl (C=O) groups excluding carboxylic acids is 2. The number of Topliss-reactive ketones (excluding diaryl/α,β-unsaturated/α-hetero) is 1. The molecule has 38 heavy (non-hydrogen) atoms. The van der Waals surface area contributed by atoms with Gasteiger partial charge in [0.25, 0.3) is 5.91 Å². The molecule has 0 spiro atoms. The normalized spacial score (nSPS) is 20.6. The fraction of sp³-hybridized carbons (Fsp3) is 0.156. The molecule has 0 radical (unpaired) electrons. The number of carboxylic acids is 1. The summed E-state index contributed by atoms with van der Waals surface area (Å²) in [6.07, 6.45) is 0. The molecule has 1 aliphatic rings. The van der Waals surface area contributed by atoms with Gasteiger partial charge in [0.15, 0.2) is 5.78 Å². The van der Waals surface area contributed by atoms with Gasteiger partial charge in [0.05, 0.1) is 19.1 Å². The number of carbonyl (C=O) groups is 3. The van der Waals surface area contributed by atoms with Crippen LogP contribution in [0.25, 0.3) is 0 Å². The highest BCUT2D eigenvalue weighted by atomic mass is 16.5. The Labute approximate surface area is 221 Å². The maximum Gasteiger partial charge on any atom is 0.327 e. The van der Waals surface area contributed by atoms with Crippen molar-refractivity contribution in [3.05, 3.63) is 138 Å². The van der Waals surface area contributed by atoms with Crippen LogP contribution >= 0.6 is 0 Å². The van der Waals surface area contributed by atoms with E-state index < -0.39 is 35.8 Å². The zero-order valence-corrected chi connectivity index (χ0v) is 20.8. The van der Waals surface area contributed by atoms with Gasteiger partial charge in [-0.1, -0.05) is 91.0 Å². The summed E-state index contributed by atoms with van der Waals surface area (Å²) in [6, 6.07) is 31.6. The summed E-state index contributed by atoms with van der Waals surface area (Å²) < 4.78 is 5.33. The van der Waals surface area contributed by atoms with Gasteiger partial charge in [0.2, 0.25) is 0 Å². The lowest BCUT2D eigenvalue weighted by Gasteiger charge is -2.30. The summed E-state index contributed by atoms with van der Waals surface area (Å²) in [5, 5.41) is 10.6. The van der Waals surface area contributed by atoms with Gasteiger partial charge in [-0.25, -0.2) is 4.79 Å². The van der Waals surface area contributed by atoms with Crippen LogP contribution in [0.4, 0.5) is 0 Å². The highest BCUT2D eigenvalue weighted by Crippen LogP contribution is 2.51. The highest BCUT2D eigenvalue weighted by Gasteiger charge is 2.57. The molecule has 1 fully saturated rings. The number of benzene rings is 4. The molecule has 1 aliphatic heterocycles. The lowest BCUT2D eigenvalue weighted by atomic mass is 9.76. The maximum atomic E-state index is 14.3. The molecule has 6 heteroatoms. The Kier molecular flexibility index (Phi) is 7.05. The lowest BCUT2D eigenvalue weighted by molar-refractivity contribution is -0.142. The Morgan fingerprint density at radius 2 is 1.21 bits per heavy atom. The third-order valence-corrected chi connectivity index (χ3v) is 7.18. The Bertz CT molecular complexity index is 1420. The fourth-order valence-corrected chi connectivity index (χ4v) is 5.50. The molecule has 4 unspecified atom stereocenters. The van der Waals surface area contributed by atoms with Gasteiger partial charge in [-0.3, -0.25) is 9.59 Å². The topological polar surface area (TPSA) is 83.9 Å². The Morgan fingerprint density at radius 3 is 1.74 bits per heavy atom. The van der Waals surface area contributed by atoms with Crippen LogP contribution in [0.15, 0.2) is 115 Å². The standard InChI is InChI=1S/C32H27NO5/c1-38-25-19-17-22(18-20-25)28-27(30(34)23-13-7-3-8-14-23)26(21-11-5-2-6-12-21)29(32(36)37)33(28)31(35)24-15-9-4-10-16-24/h2-20,26-29H,1H3,(H,36,37). The van der Waals surface area contributed by atoms with Crippen LogP contribution in [-0.4, -0.2) is 40.8 Å². The number of methoxy groups -OCH3 is 1. The number of aliphatic carboxylic acids is 1. The van der Waals surface area contributed by atoms with E-state index in [1.807, 2.05) is 36.4 Å². The van der Waals surface area contributed by atoms with Crippen molar-refractivity contribution in [3.63, 3.8) is 0 Å². The van der Waals surface area contributed by atoms with Crippen LogP contribution in [0, 0.1) is 5.92 Å². The molecule has 4 atom stereocenters. The number of rotatable bonds is 7. The van der Waals surface area contributed by atoms with Gasteiger partial charge in [-0.2, -0.15) is 0 Å². The largest absolute Gasteiger partial charge is 0.497 e. The van der Waals surface area contributed by atoms with Crippen molar-refractivity contribution in [2.24, 2.45) is 5.92 Å². The first-order chi connectivity index (χ1) is 18.5. The first-order valence-electron chi connectivity index (χ1n) is 12.4. The summed E-state index contributed by atoms with van der Waals surface area (Å²) in [6.45, 7) is 0. The molecule has 1 N–H and O–H groups in total. The van der Waals surface area contributed by atoms with Crippen LogP contribution in [0.3, 0.4) is 0 Å². The quantitative estimate of drug-likeness (QED) is 0.329. The van der Waals surface area contributed by atoms with E-state index in [0.717, 1.165) is 0 Å². The van der Waals surface area contributed by atoms with Crippen LogP contribution in [0.2, 0.25) is 0 Å². The van der Waals surface area contributed by atoms with Crippen molar-refractivity contribution in [2.45, 2.75) is 18.0 Å². The summed E-state index contributed by atoms with van der Waals surface area (Å²) in [5.41, 5.74) is 2.18. The van der Waals surface area contributed by atoms with Crippen molar-refractivity contribution in [1.82, 2.24) is 4.90 Å². The maximum absolute atomic E-state index is 14.3. The van der Waals surface area contributed by atoms with Crippen molar-refractivity contribution in [2.75, 3.05) is 7.11 Å². The van der Waals surface area contributed by atoms with Crippen LogP contribution < -0.4 is 4.74 Å². The molecule has 0 saturated carbocycles. The van der Waals surface area contributed by atoms with Gasteiger partial charge >= 0.3 is 5.97 Å². The highest BCUT2D eigenvalue weighted by molar-refractivity contribution is 6.03. The van der Waals surface area contributed by atoms with E-state index in [-0.39, 0.29) is 5.78 Å². The molecule has 0 aromatic heterocycles. The second-order valence-corrected chi connectivity index (χ2v) is 9.27. The van der Waals surface area contributed by atoms with E-state index in [9.17, 15) is 19.5 Å². The van der Waals surface area contributed by atoms with E-state index in [0.29, 0.717) is 28.0 Å². The van der Waals surface area contributed by atoms with Crippen LogP contribution in [-0.2, 0) is 4.79 Å². The first-order valence-corrected chi connectivity index (χ1v) is 12.4. The van der Waals surface area contributed by atoms with E-state index in [1.165, 1.54) is 4.90 Å². The molecule has 0 aliphatic carbocycles. The number of carboxylic acid groups (broad SMARTS) is 1. The van der Waals surface area contributed by atoms with Gasteiger partial charge in [-0.05, 0) is 35.4 Å². The average molecular weight is 506 g/mol. The van der Waals surface area contributed by atoms with E-state index >= 15 is 0 Å². The number of hydrogen-bond acceptors (Lipinski definition) is 4. The number of hydrogen-bond donors (Lipinski definition) is 1. The van der Waals surface area contributed by atoms with E-state index in [2.05, 4.69) is 0 Å². The SMILES string of the molecule is COc1ccc(C2C(C(=O)c3ccccc3)C(c3ccccc3)C(C(=O)O)N2C(=O)c2ccccc2)cc1. The number of amides is 1. The number of likely N-dealkylation sites (tertiary alicyclic amines) is 1. The van der Waals surface area contributed by atoms with Crippen LogP contribution in [0.1, 0.15) is 43.8 Å². The summed E-state index contributed by atoms with van der Waals surface area (Å²) in [5.74, 6) is -2.82. The second kappa shape index (κ2) is 10.7. The molecule has 4 aromatic rings. The predicted molar refractivity (Wildman–Crippen MR) is 143 cm³/mol. The van der Waals surface area contributed by atoms with Gasteiger partial charge in [0, 0.05) is 17.0 Å². The molecule has 4 aromatic carbocycles. The molecule has 190 valence electrons. The minimum Gasteiger partial charge on any atom is -0.497 e.